The van der Waals surface area contributed by atoms with Crippen LogP contribution in [0.1, 0.15) is 12.2 Å². The number of fused-ring (bicyclic) bond motifs is 2. The number of hydrogen-bond acceptors (Lipinski definition) is 2. The van der Waals surface area contributed by atoms with Crippen LogP contribution >= 0.6 is 11.6 Å². The topological polar surface area (TPSA) is 35.1 Å². The van der Waals surface area contributed by atoms with Crippen LogP contribution in [-0.4, -0.2) is 18.9 Å². The number of aryl methyl sites for hydroxylation is 1. The summed E-state index contributed by atoms with van der Waals surface area (Å²) in [5.41, 5.74) is 4.67. The van der Waals surface area contributed by atoms with Crippen molar-refractivity contribution in [1.29, 1.82) is 0 Å². The number of pyridine rings is 1. The fraction of sp³-hybridized carbons (Fsp3) is 0.158. The molecule has 25 heavy (non-hydrogen) atoms. The fourth-order valence-electron chi connectivity index (χ4n) is 3.52. The molecule has 5 rings (SSSR count). The predicted octanol–water partition coefficient (Wildman–Crippen LogP) is 4.60. The van der Waals surface area contributed by atoms with E-state index in [1.165, 1.54) is 6.07 Å². The summed E-state index contributed by atoms with van der Waals surface area (Å²) < 4.78 is 17.8. The molecule has 0 saturated carbocycles. The van der Waals surface area contributed by atoms with Crippen molar-refractivity contribution in [3.05, 3.63) is 65.6 Å². The largest absolute Gasteiger partial charge is 0.327 e. The van der Waals surface area contributed by atoms with E-state index >= 15 is 0 Å². The van der Waals surface area contributed by atoms with Crippen LogP contribution in [0.3, 0.4) is 0 Å². The van der Waals surface area contributed by atoms with Gasteiger partial charge in [0.1, 0.15) is 17.3 Å². The predicted molar refractivity (Wildman–Crippen MR) is 95.1 cm³/mol. The zero-order chi connectivity index (χ0) is 17.0. The SMILES string of the molecule is Fc1ccc(-c2nc3n(c2-c2ccc4nccn4c2)CCC3)cc1Cl. The van der Waals surface area contributed by atoms with Crippen molar-refractivity contribution in [2.24, 2.45) is 0 Å². The van der Waals surface area contributed by atoms with Crippen LogP contribution < -0.4 is 0 Å². The highest BCUT2D eigenvalue weighted by molar-refractivity contribution is 6.31. The van der Waals surface area contributed by atoms with Crippen LogP contribution in [0.5, 0.6) is 0 Å². The van der Waals surface area contributed by atoms with Gasteiger partial charge < -0.3 is 8.97 Å². The van der Waals surface area contributed by atoms with Gasteiger partial charge in [0.15, 0.2) is 0 Å². The Kier molecular flexibility index (Phi) is 3.18. The quantitative estimate of drug-likeness (QED) is 0.528. The Morgan fingerprint density at radius 3 is 2.88 bits per heavy atom. The molecule has 0 radical (unpaired) electrons. The van der Waals surface area contributed by atoms with Gasteiger partial charge in [-0.3, -0.25) is 0 Å². The van der Waals surface area contributed by atoms with Crippen LogP contribution in [0.4, 0.5) is 4.39 Å². The van der Waals surface area contributed by atoms with Crippen molar-refractivity contribution in [3.63, 3.8) is 0 Å². The normalized spacial score (nSPS) is 13.5. The summed E-state index contributed by atoms with van der Waals surface area (Å²) in [6, 6.07) is 8.82. The maximum atomic E-state index is 13.6. The fourth-order valence-corrected chi connectivity index (χ4v) is 3.70. The molecule has 0 bridgehead atoms. The molecule has 4 heterocycles. The lowest BCUT2D eigenvalue weighted by Crippen LogP contribution is -1.97. The summed E-state index contributed by atoms with van der Waals surface area (Å²) in [4.78, 5) is 9.13. The van der Waals surface area contributed by atoms with E-state index in [2.05, 4.69) is 21.8 Å². The summed E-state index contributed by atoms with van der Waals surface area (Å²) in [7, 11) is 0. The zero-order valence-electron chi connectivity index (χ0n) is 13.3. The third-order valence-electron chi connectivity index (χ3n) is 4.68. The standard InChI is InChI=1S/C19H14ClFN4/c20-14-10-12(3-5-15(14)21)18-19(25-8-1-2-17(25)23-18)13-4-6-16-22-7-9-24(16)11-13/h3-7,9-11H,1-2,8H2. The first-order valence-corrected chi connectivity index (χ1v) is 8.56. The summed E-state index contributed by atoms with van der Waals surface area (Å²) >= 11 is 6.00. The van der Waals surface area contributed by atoms with Gasteiger partial charge in [0.25, 0.3) is 0 Å². The molecule has 4 nitrogen and oxygen atoms in total. The summed E-state index contributed by atoms with van der Waals surface area (Å²) in [6.07, 6.45) is 7.80. The lowest BCUT2D eigenvalue weighted by atomic mass is 10.1. The van der Waals surface area contributed by atoms with E-state index in [1.54, 1.807) is 18.3 Å². The lowest BCUT2D eigenvalue weighted by molar-refractivity contribution is 0.628. The minimum absolute atomic E-state index is 0.113. The Bertz CT molecular complexity index is 1110. The van der Waals surface area contributed by atoms with Gasteiger partial charge in [-0.1, -0.05) is 11.6 Å². The summed E-state index contributed by atoms with van der Waals surface area (Å²) in [6.45, 7) is 0.939. The molecular weight excluding hydrogens is 339 g/mol. The molecule has 0 fully saturated rings. The van der Waals surface area contributed by atoms with Crippen LogP contribution in [0.15, 0.2) is 48.9 Å². The van der Waals surface area contributed by atoms with Gasteiger partial charge in [-0.25, -0.2) is 14.4 Å². The Balaban J connectivity index is 1.76. The van der Waals surface area contributed by atoms with Crippen molar-refractivity contribution >= 4 is 17.2 Å². The Hall–Kier alpha value is -2.66. The van der Waals surface area contributed by atoms with E-state index in [1.807, 2.05) is 16.7 Å². The molecule has 0 saturated heterocycles. The first-order valence-electron chi connectivity index (χ1n) is 8.18. The minimum Gasteiger partial charge on any atom is -0.327 e. The number of halogens is 2. The van der Waals surface area contributed by atoms with Gasteiger partial charge in [0.05, 0.1) is 16.4 Å². The van der Waals surface area contributed by atoms with E-state index < -0.39 is 5.82 Å². The van der Waals surface area contributed by atoms with Crippen LogP contribution in [0.2, 0.25) is 5.02 Å². The van der Waals surface area contributed by atoms with E-state index in [0.717, 1.165) is 53.4 Å². The molecule has 1 aromatic carbocycles. The number of rotatable bonds is 2. The number of benzene rings is 1. The van der Waals surface area contributed by atoms with Crippen LogP contribution in [0.25, 0.3) is 28.2 Å². The van der Waals surface area contributed by atoms with Crippen molar-refractivity contribution in [3.8, 4) is 22.5 Å². The Morgan fingerprint density at radius 2 is 2.00 bits per heavy atom. The lowest BCUT2D eigenvalue weighted by Gasteiger charge is -2.10. The molecule has 3 aromatic heterocycles. The molecule has 1 aliphatic rings. The second-order valence-electron chi connectivity index (χ2n) is 6.22. The van der Waals surface area contributed by atoms with Gasteiger partial charge in [-0.2, -0.15) is 0 Å². The van der Waals surface area contributed by atoms with Gasteiger partial charge in [-0.15, -0.1) is 0 Å². The van der Waals surface area contributed by atoms with Gasteiger partial charge in [0, 0.05) is 42.7 Å². The van der Waals surface area contributed by atoms with Crippen LogP contribution in [0, 0.1) is 5.82 Å². The zero-order valence-corrected chi connectivity index (χ0v) is 14.0. The maximum absolute atomic E-state index is 13.6. The first kappa shape index (κ1) is 14.7. The van der Waals surface area contributed by atoms with Crippen molar-refractivity contribution in [1.82, 2.24) is 18.9 Å². The highest BCUT2D eigenvalue weighted by Gasteiger charge is 2.23. The molecule has 0 unspecified atom stereocenters. The Labute approximate surface area is 148 Å². The number of hydrogen-bond donors (Lipinski definition) is 0. The van der Waals surface area contributed by atoms with Crippen molar-refractivity contribution in [2.75, 3.05) is 0 Å². The van der Waals surface area contributed by atoms with Gasteiger partial charge in [0.2, 0.25) is 0 Å². The minimum atomic E-state index is -0.418. The highest BCUT2D eigenvalue weighted by Crippen LogP contribution is 2.36. The molecule has 0 atom stereocenters. The van der Waals surface area contributed by atoms with Crippen LogP contribution in [-0.2, 0) is 13.0 Å². The molecule has 1 aliphatic heterocycles. The summed E-state index contributed by atoms with van der Waals surface area (Å²) in [5, 5.41) is 0.113. The molecule has 0 N–H and O–H groups in total. The molecule has 6 heteroatoms. The van der Waals surface area contributed by atoms with Gasteiger partial charge >= 0.3 is 0 Å². The number of nitrogens with zero attached hydrogens (tertiary/aromatic N) is 4. The first-order chi connectivity index (χ1) is 12.2. The average Bonchev–Trinajstić information content (AvgIpc) is 3.31. The van der Waals surface area contributed by atoms with E-state index in [4.69, 9.17) is 16.6 Å². The van der Waals surface area contributed by atoms with Gasteiger partial charge in [-0.05, 0) is 36.8 Å². The Morgan fingerprint density at radius 1 is 1.12 bits per heavy atom. The van der Waals surface area contributed by atoms with E-state index in [-0.39, 0.29) is 5.02 Å². The smallest absolute Gasteiger partial charge is 0.141 e. The second kappa shape index (κ2) is 5.43. The average molecular weight is 353 g/mol. The highest BCUT2D eigenvalue weighted by atomic mass is 35.5. The van der Waals surface area contributed by atoms with Crippen molar-refractivity contribution in [2.45, 2.75) is 19.4 Å². The molecule has 0 spiro atoms. The summed E-state index contributed by atoms with van der Waals surface area (Å²) in [5.74, 6) is 0.648. The molecule has 0 amide bonds. The molecule has 0 aliphatic carbocycles. The molecule has 124 valence electrons. The van der Waals surface area contributed by atoms with E-state index in [9.17, 15) is 4.39 Å². The third-order valence-corrected chi connectivity index (χ3v) is 4.97. The number of aromatic nitrogens is 4. The molecular formula is C19H14ClFN4. The third kappa shape index (κ3) is 2.27. The van der Waals surface area contributed by atoms with E-state index in [0.29, 0.717) is 0 Å². The monoisotopic (exact) mass is 352 g/mol. The maximum Gasteiger partial charge on any atom is 0.141 e. The van der Waals surface area contributed by atoms with Crippen molar-refractivity contribution < 1.29 is 4.39 Å². The molecule has 4 aromatic rings. The second-order valence-corrected chi connectivity index (χ2v) is 6.63. The number of imidazole rings is 2.